The summed E-state index contributed by atoms with van der Waals surface area (Å²) < 4.78 is 3.12. The first-order chi connectivity index (χ1) is 11.0. The molecule has 0 aliphatic rings. The molecule has 0 saturated heterocycles. The van der Waals surface area contributed by atoms with E-state index in [1.165, 1.54) is 4.57 Å². The van der Waals surface area contributed by atoms with E-state index in [1.54, 1.807) is 36.4 Å². The van der Waals surface area contributed by atoms with Crippen LogP contribution in [0.4, 0.5) is 0 Å². The van der Waals surface area contributed by atoms with Crippen molar-refractivity contribution in [2.24, 2.45) is 7.05 Å². The number of alkyl halides is 1. The fourth-order valence-corrected chi connectivity index (χ4v) is 3.33. The summed E-state index contributed by atoms with van der Waals surface area (Å²) in [6.45, 7) is 2.19. The smallest absolute Gasteiger partial charge is 0.309 e. The fraction of sp³-hybridized carbons (Fsp3) is 0.500. The number of nitrogens with one attached hydrogen (secondary N) is 1. The van der Waals surface area contributed by atoms with E-state index in [4.69, 9.17) is 23.2 Å². The van der Waals surface area contributed by atoms with Crippen LogP contribution in [-0.2, 0) is 13.6 Å². The lowest BCUT2D eigenvalue weighted by molar-refractivity contribution is 0.741. The van der Waals surface area contributed by atoms with E-state index < -0.39 is 11.2 Å². The minimum atomic E-state index is -0.477. The molecule has 2 rings (SSSR count). The summed E-state index contributed by atoms with van der Waals surface area (Å²) >= 11 is 13.1. The second-order valence-corrected chi connectivity index (χ2v) is 7.07. The zero-order valence-corrected chi connectivity index (χ0v) is 15.3. The number of aromatic nitrogens is 4. The summed E-state index contributed by atoms with van der Waals surface area (Å²) in [6.07, 6.45) is 3.68. The van der Waals surface area contributed by atoms with Gasteiger partial charge < -0.3 is 4.57 Å². The van der Waals surface area contributed by atoms with Gasteiger partial charge in [0.15, 0.2) is 16.3 Å². The Balaban J connectivity index is 2.51. The first-order valence-electron chi connectivity index (χ1n) is 7.16. The van der Waals surface area contributed by atoms with Crippen molar-refractivity contribution in [3.63, 3.8) is 0 Å². The van der Waals surface area contributed by atoms with Crippen molar-refractivity contribution in [2.45, 2.75) is 31.5 Å². The molecule has 0 radical (unpaired) electrons. The van der Waals surface area contributed by atoms with Gasteiger partial charge in [0.05, 0.1) is 0 Å². The van der Waals surface area contributed by atoms with Crippen molar-refractivity contribution in [3.8, 4) is 0 Å². The normalized spacial score (nSPS) is 12.3. The summed E-state index contributed by atoms with van der Waals surface area (Å²) in [5.74, 6) is 1.46. The fourth-order valence-electron chi connectivity index (χ4n) is 2.07. The van der Waals surface area contributed by atoms with Crippen LogP contribution in [0.5, 0.6) is 0 Å². The molecule has 126 valence electrons. The highest BCUT2D eigenvalue weighted by Gasteiger charge is 2.16. The van der Waals surface area contributed by atoms with Crippen LogP contribution in [0, 0.1) is 0 Å². The lowest BCUT2D eigenvalue weighted by Crippen LogP contribution is -2.29. The molecule has 0 atom stereocenters. The van der Waals surface area contributed by atoms with Gasteiger partial charge in [-0.05, 0) is 19.8 Å². The highest BCUT2D eigenvalue weighted by Crippen LogP contribution is 2.23. The van der Waals surface area contributed by atoms with Gasteiger partial charge in [-0.25, -0.2) is 9.78 Å². The van der Waals surface area contributed by atoms with Gasteiger partial charge in [-0.15, -0.1) is 11.6 Å². The Labute approximate surface area is 147 Å². The van der Waals surface area contributed by atoms with Crippen molar-refractivity contribution >= 4 is 46.1 Å². The summed E-state index contributed by atoms with van der Waals surface area (Å²) in [5, 5.41) is 1.32. The SMILES string of the molecule is CC(Cl)=CCn1c(SCCCCCl)nc2c1c(=O)[nH]c(=O)n2C. The average molecular weight is 377 g/mol. The van der Waals surface area contributed by atoms with Crippen molar-refractivity contribution < 1.29 is 0 Å². The highest BCUT2D eigenvalue weighted by molar-refractivity contribution is 7.99. The Morgan fingerprint density at radius 3 is 2.78 bits per heavy atom. The van der Waals surface area contributed by atoms with Crippen LogP contribution >= 0.6 is 35.0 Å². The predicted octanol–water partition coefficient (Wildman–Crippen LogP) is 2.68. The molecule has 0 saturated carbocycles. The van der Waals surface area contributed by atoms with Crippen molar-refractivity contribution in [3.05, 3.63) is 31.9 Å². The Kier molecular flexibility index (Phi) is 6.38. The van der Waals surface area contributed by atoms with Crippen LogP contribution in [-0.4, -0.2) is 30.7 Å². The number of allylic oxidation sites excluding steroid dienone is 2. The molecule has 1 N–H and O–H groups in total. The minimum Gasteiger partial charge on any atom is -0.309 e. The maximum absolute atomic E-state index is 12.2. The second kappa shape index (κ2) is 8.08. The molecule has 0 aliphatic heterocycles. The molecule has 0 unspecified atom stereocenters. The van der Waals surface area contributed by atoms with Crippen LogP contribution < -0.4 is 11.2 Å². The molecular weight excluding hydrogens is 359 g/mol. The summed E-state index contributed by atoms with van der Waals surface area (Å²) in [6, 6.07) is 0. The number of H-pyrrole nitrogens is 1. The second-order valence-electron chi connectivity index (χ2n) is 5.03. The molecule has 0 bridgehead atoms. The van der Waals surface area contributed by atoms with Crippen molar-refractivity contribution in [1.82, 2.24) is 19.1 Å². The first-order valence-corrected chi connectivity index (χ1v) is 9.06. The number of hydrogen-bond acceptors (Lipinski definition) is 4. The predicted molar refractivity (Wildman–Crippen MR) is 95.9 cm³/mol. The van der Waals surface area contributed by atoms with E-state index in [0.29, 0.717) is 33.8 Å². The van der Waals surface area contributed by atoms with E-state index in [9.17, 15) is 9.59 Å². The third-order valence-electron chi connectivity index (χ3n) is 3.29. The topological polar surface area (TPSA) is 72.7 Å². The van der Waals surface area contributed by atoms with E-state index in [0.717, 1.165) is 18.6 Å². The number of halogens is 2. The standard InChI is InChI=1S/C14H18Cl2N4O2S/c1-9(16)5-7-20-10-11(19(2)13(22)18-12(10)21)17-14(20)23-8-4-3-6-15/h5H,3-4,6-8H2,1-2H3,(H,18,21,22). The number of fused-ring (bicyclic) bond motifs is 1. The van der Waals surface area contributed by atoms with Gasteiger partial charge in [0.25, 0.3) is 5.56 Å². The van der Waals surface area contributed by atoms with Crippen LogP contribution in [0.25, 0.3) is 11.2 Å². The monoisotopic (exact) mass is 376 g/mol. The average Bonchev–Trinajstić information content (AvgIpc) is 2.86. The van der Waals surface area contributed by atoms with E-state index in [1.807, 2.05) is 0 Å². The van der Waals surface area contributed by atoms with Gasteiger partial charge in [0.2, 0.25) is 0 Å². The molecular formula is C14H18Cl2N4O2S. The summed E-state index contributed by atoms with van der Waals surface area (Å²) in [5.41, 5.74) is -0.168. The summed E-state index contributed by atoms with van der Waals surface area (Å²) in [7, 11) is 1.59. The molecule has 9 heteroatoms. The number of rotatable bonds is 7. The maximum Gasteiger partial charge on any atom is 0.329 e. The van der Waals surface area contributed by atoms with Gasteiger partial charge in [-0.3, -0.25) is 14.3 Å². The highest BCUT2D eigenvalue weighted by atomic mass is 35.5. The number of nitrogens with zero attached hydrogens (tertiary/aromatic N) is 3. The van der Waals surface area contributed by atoms with Crippen LogP contribution in [0.1, 0.15) is 19.8 Å². The van der Waals surface area contributed by atoms with Gasteiger partial charge in [-0.1, -0.05) is 29.4 Å². The van der Waals surface area contributed by atoms with E-state index >= 15 is 0 Å². The molecule has 0 amide bonds. The van der Waals surface area contributed by atoms with Gasteiger partial charge in [-0.2, -0.15) is 0 Å². The maximum atomic E-state index is 12.2. The molecule has 0 spiro atoms. The number of unbranched alkanes of at least 4 members (excludes halogenated alkanes) is 1. The number of thioether (sulfide) groups is 1. The number of hydrogen-bond donors (Lipinski definition) is 1. The van der Waals surface area contributed by atoms with Crippen LogP contribution in [0.3, 0.4) is 0 Å². The molecule has 23 heavy (non-hydrogen) atoms. The van der Waals surface area contributed by atoms with Crippen LogP contribution in [0.15, 0.2) is 25.9 Å². The molecule has 2 heterocycles. The number of aromatic amines is 1. The lowest BCUT2D eigenvalue weighted by atomic mass is 10.4. The molecule has 0 aromatic carbocycles. The van der Waals surface area contributed by atoms with Gasteiger partial charge in [0, 0.05) is 30.3 Å². The Morgan fingerprint density at radius 1 is 1.39 bits per heavy atom. The van der Waals surface area contributed by atoms with Gasteiger partial charge in [0.1, 0.15) is 0 Å². The molecule has 2 aromatic rings. The Bertz CT molecular complexity index is 834. The quantitative estimate of drug-likeness (QED) is 0.458. The zero-order chi connectivity index (χ0) is 17.0. The summed E-state index contributed by atoms with van der Waals surface area (Å²) in [4.78, 5) is 30.7. The minimum absolute atomic E-state index is 0.374. The number of aryl methyl sites for hydroxylation is 1. The first kappa shape index (κ1) is 18.2. The lowest BCUT2D eigenvalue weighted by Gasteiger charge is -2.05. The molecule has 6 nitrogen and oxygen atoms in total. The van der Waals surface area contributed by atoms with Gasteiger partial charge >= 0.3 is 5.69 Å². The number of imidazole rings is 1. The van der Waals surface area contributed by atoms with Crippen LogP contribution in [0.2, 0.25) is 0 Å². The van der Waals surface area contributed by atoms with Crippen molar-refractivity contribution in [1.29, 1.82) is 0 Å². The van der Waals surface area contributed by atoms with E-state index in [-0.39, 0.29) is 0 Å². The third-order valence-corrected chi connectivity index (χ3v) is 4.77. The molecule has 2 aromatic heterocycles. The molecule has 0 fully saturated rings. The van der Waals surface area contributed by atoms with Crippen molar-refractivity contribution in [2.75, 3.05) is 11.6 Å². The van der Waals surface area contributed by atoms with E-state index in [2.05, 4.69) is 9.97 Å². The zero-order valence-electron chi connectivity index (χ0n) is 12.9. The third kappa shape index (κ3) is 4.22. The largest absolute Gasteiger partial charge is 0.329 e. The Morgan fingerprint density at radius 2 is 2.13 bits per heavy atom. The Hall–Kier alpha value is -1.18. The molecule has 0 aliphatic carbocycles.